The molecule has 0 aliphatic rings. The lowest BCUT2D eigenvalue weighted by molar-refractivity contribution is 0.103. The zero-order valence-electron chi connectivity index (χ0n) is 18.7. The fourth-order valence-corrected chi connectivity index (χ4v) is 5.12. The molecule has 3 N–H and O–H groups in total. The van der Waals surface area contributed by atoms with Crippen molar-refractivity contribution in [3.63, 3.8) is 0 Å². The summed E-state index contributed by atoms with van der Waals surface area (Å²) in [6.07, 6.45) is 0. The molecule has 5 aromatic rings. The number of nitrogens with zero attached hydrogens (tertiary/aromatic N) is 1. The van der Waals surface area contributed by atoms with E-state index >= 15 is 0 Å². The third-order valence-corrected chi connectivity index (χ3v) is 7.34. The number of thiophene rings is 1. The molecule has 6 heteroatoms. The highest BCUT2D eigenvalue weighted by Crippen LogP contribution is 2.41. The summed E-state index contributed by atoms with van der Waals surface area (Å²) in [6.45, 7) is 4.13. The fraction of sp³-hybridized carbons (Fsp3) is 0.0714. The lowest BCUT2D eigenvalue weighted by atomic mass is 9.98. The number of carbonyl (C=O) groups is 1. The number of amides is 1. The number of carbonyl (C=O) groups excluding carboxylic acids is 1. The third kappa shape index (κ3) is 4.34. The SMILES string of the molecule is Cc1ccc(-c2cc(-c3ccc(C)cc3)c3c(N)c(C(=O)Nc4ccc(Br)cc4)sc3n2)cc1. The predicted molar refractivity (Wildman–Crippen MR) is 146 cm³/mol. The van der Waals surface area contributed by atoms with Crippen LogP contribution >= 0.6 is 27.3 Å². The number of pyridine rings is 1. The van der Waals surface area contributed by atoms with Crippen molar-refractivity contribution < 1.29 is 4.79 Å². The molecule has 0 bridgehead atoms. The van der Waals surface area contributed by atoms with Crippen LogP contribution in [0.25, 0.3) is 32.6 Å². The van der Waals surface area contributed by atoms with Crippen LogP contribution in [0.4, 0.5) is 11.4 Å². The Morgan fingerprint density at radius 2 is 1.47 bits per heavy atom. The molecule has 0 atom stereocenters. The van der Waals surface area contributed by atoms with Crippen LogP contribution in [0.2, 0.25) is 0 Å². The summed E-state index contributed by atoms with van der Waals surface area (Å²) in [4.78, 5) is 19.3. The minimum absolute atomic E-state index is 0.241. The number of nitrogen functional groups attached to an aromatic ring is 1. The summed E-state index contributed by atoms with van der Waals surface area (Å²) in [6, 6.07) is 26.1. The topological polar surface area (TPSA) is 68.0 Å². The Labute approximate surface area is 210 Å². The van der Waals surface area contributed by atoms with Gasteiger partial charge in [-0.2, -0.15) is 0 Å². The first-order valence-corrected chi connectivity index (χ1v) is 12.4. The van der Waals surface area contributed by atoms with Crippen molar-refractivity contribution >= 4 is 54.8 Å². The summed E-state index contributed by atoms with van der Waals surface area (Å²) in [5, 5.41) is 3.76. The number of benzene rings is 3. The molecular formula is C28H22BrN3OS. The van der Waals surface area contributed by atoms with E-state index < -0.39 is 0 Å². The molecule has 0 spiro atoms. The van der Waals surface area contributed by atoms with E-state index in [0.29, 0.717) is 16.3 Å². The van der Waals surface area contributed by atoms with Crippen LogP contribution in [0.3, 0.4) is 0 Å². The second-order valence-corrected chi connectivity index (χ2v) is 10.2. The molecule has 2 aromatic heterocycles. The normalized spacial score (nSPS) is 11.0. The van der Waals surface area contributed by atoms with Gasteiger partial charge in [-0.3, -0.25) is 4.79 Å². The minimum Gasteiger partial charge on any atom is -0.397 e. The number of anilines is 2. The molecule has 4 nitrogen and oxygen atoms in total. The van der Waals surface area contributed by atoms with Crippen LogP contribution < -0.4 is 11.1 Å². The van der Waals surface area contributed by atoms with Gasteiger partial charge in [-0.25, -0.2) is 4.98 Å². The van der Waals surface area contributed by atoms with E-state index in [1.165, 1.54) is 22.5 Å². The first-order chi connectivity index (χ1) is 16.4. The van der Waals surface area contributed by atoms with E-state index in [1.54, 1.807) is 0 Å². The van der Waals surface area contributed by atoms with Gasteiger partial charge in [0, 0.05) is 21.1 Å². The molecule has 5 rings (SSSR count). The number of hydrogen-bond donors (Lipinski definition) is 2. The van der Waals surface area contributed by atoms with E-state index in [0.717, 1.165) is 37.1 Å². The molecule has 0 unspecified atom stereocenters. The smallest absolute Gasteiger partial charge is 0.267 e. The number of halogens is 1. The van der Waals surface area contributed by atoms with Gasteiger partial charge in [-0.15, -0.1) is 11.3 Å². The molecule has 0 aliphatic heterocycles. The number of nitrogens with two attached hydrogens (primary N) is 1. The van der Waals surface area contributed by atoms with Crippen molar-refractivity contribution in [1.82, 2.24) is 4.98 Å². The average molecular weight is 528 g/mol. The van der Waals surface area contributed by atoms with Crippen molar-refractivity contribution in [1.29, 1.82) is 0 Å². The van der Waals surface area contributed by atoms with Gasteiger partial charge in [-0.1, -0.05) is 75.6 Å². The Bertz CT molecular complexity index is 1510. The fourth-order valence-electron chi connectivity index (χ4n) is 3.84. The van der Waals surface area contributed by atoms with Crippen molar-refractivity contribution in [3.8, 4) is 22.4 Å². The molecule has 168 valence electrons. The monoisotopic (exact) mass is 527 g/mol. The summed E-state index contributed by atoms with van der Waals surface area (Å²) >= 11 is 4.74. The number of hydrogen-bond acceptors (Lipinski definition) is 4. The maximum Gasteiger partial charge on any atom is 0.267 e. The van der Waals surface area contributed by atoms with Gasteiger partial charge in [0.1, 0.15) is 9.71 Å². The third-order valence-electron chi connectivity index (χ3n) is 5.72. The van der Waals surface area contributed by atoms with E-state index in [4.69, 9.17) is 10.7 Å². The Kier molecular flexibility index (Phi) is 5.94. The molecule has 0 fully saturated rings. The van der Waals surface area contributed by atoms with Crippen molar-refractivity contribution in [2.24, 2.45) is 0 Å². The van der Waals surface area contributed by atoms with Gasteiger partial charge < -0.3 is 11.1 Å². The van der Waals surface area contributed by atoms with Crippen LogP contribution in [-0.2, 0) is 0 Å². The van der Waals surface area contributed by atoms with E-state index in [-0.39, 0.29) is 5.91 Å². The largest absolute Gasteiger partial charge is 0.397 e. The Morgan fingerprint density at radius 3 is 2.09 bits per heavy atom. The zero-order valence-corrected chi connectivity index (χ0v) is 21.1. The Balaban J connectivity index is 1.66. The molecule has 1 amide bonds. The summed E-state index contributed by atoms with van der Waals surface area (Å²) < 4.78 is 0.947. The second kappa shape index (κ2) is 9.05. The quantitative estimate of drug-likeness (QED) is 0.250. The predicted octanol–water partition coefficient (Wildman–Crippen LogP) is 7.84. The Morgan fingerprint density at radius 1 is 0.882 bits per heavy atom. The van der Waals surface area contributed by atoms with Gasteiger partial charge >= 0.3 is 0 Å². The van der Waals surface area contributed by atoms with E-state index in [9.17, 15) is 4.79 Å². The van der Waals surface area contributed by atoms with Gasteiger partial charge in [0.2, 0.25) is 0 Å². The van der Waals surface area contributed by atoms with Crippen LogP contribution in [0.1, 0.15) is 20.8 Å². The molecule has 0 saturated carbocycles. The highest BCUT2D eigenvalue weighted by Gasteiger charge is 2.22. The summed E-state index contributed by atoms with van der Waals surface area (Å²) in [5.74, 6) is -0.241. The minimum atomic E-state index is -0.241. The molecular weight excluding hydrogens is 506 g/mol. The second-order valence-electron chi connectivity index (χ2n) is 8.27. The van der Waals surface area contributed by atoms with Gasteiger partial charge in [-0.05, 0) is 55.3 Å². The standard InChI is InChI=1S/C28H22BrN3OS/c1-16-3-7-18(8-4-16)22-15-23(19-9-5-17(2)6-10-19)32-28-24(22)25(30)26(34-28)27(33)31-21-13-11-20(29)12-14-21/h3-15H,30H2,1-2H3,(H,31,33). The molecule has 0 aliphatic carbocycles. The summed E-state index contributed by atoms with van der Waals surface area (Å²) in [7, 11) is 0. The molecule has 2 heterocycles. The van der Waals surface area contributed by atoms with Gasteiger partial charge in [0.05, 0.1) is 11.4 Å². The lowest BCUT2D eigenvalue weighted by Gasteiger charge is -2.10. The zero-order chi connectivity index (χ0) is 23.8. The molecule has 34 heavy (non-hydrogen) atoms. The molecule has 0 saturated heterocycles. The van der Waals surface area contributed by atoms with Crippen molar-refractivity contribution in [2.75, 3.05) is 11.1 Å². The van der Waals surface area contributed by atoms with Crippen molar-refractivity contribution in [3.05, 3.63) is 99.3 Å². The van der Waals surface area contributed by atoms with E-state index in [1.807, 2.05) is 24.3 Å². The maximum atomic E-state index is 13.2. The maximum absolute atomic E-state index is 13.2. The highest BCUT2D eigenvalue weighted by molar-refractivity contribution is 9.10. The first kappa shape index (κ1) is 22.3. The number of fused-ring (bicyclic) bond motifs is 1. The number of aryl methyl sites for hydroxylation is 2. The van der Waals surface area contributed by atoms with E-state index in [2.05, 4.69) is 89.7 Å². The number of nitrogens with one attached hydrogen (secondary N) is 1. The van der Waals surface area contributed by atoms with Crippen LogP contribution in [0.15, 0.2) is 83.3 Å². The van der Waals surface area contributed by atoms with Gasteiger partial charge in [0.15, 0.2) is 0 Å². The number of rotatable bonds is 4. The van der Waals surface area contributed by atoms with Crippen molar-refractivity contribution in [2.45, 2.75) is 13.8 Å². The highest BCUT2D eigenvalue weighted by atomic mass is 79.9. The Hall–Kier alpha value is -3.48. The number of aromatic nitrogens is 1. The molecule has 3 aromatic carbocycles. The first-order valence-electron chi connectivity index (χ1n) is 10.8. The van der Waals surface area contributed by atoms with Crippen LogP contribution in [-0.4, -0.2) is 10.9 Å². The average Bonchev–Trinajstić information content (AvgIpc) is 3.17. The van der Waals surface area contributed by atoms with Crippen LogP contribution in [0, 0.1) is 13.8 Å². The lowest BCUT2D eigenvalue weighted by Crippen LogP contribution is -2.11. The summed E-state index contributed by atoms with van der Waals surface area (Å²) in [5.41, 5.74) is 14.0. The van der Waals surface area contributed by atoms with Crippen LogP contribution in [0.5, 0.6) is 0 Å². The van der Waals surface area contributed by atoms with Gasteiger partial charge in [0.25, 0.3) is 5.91 Å². The molecule has 0 radical (unpaired) electrons.